The Bertz CT molecular complexity index is 6290. The van der Waals surface area contributed by atoms with Gasteiger partial charge < -0.3 is 14.2 Å². The van der Waals surface area contributed by atoms with Crippen LogP contribution in [0.15, 0.2) is 381 Å². The van der Waals surface area contributed by atoms with Crippen LogP contribution in [0.2, 0.25) is 0 Å². The van der Waals surface area contributed by atoms with E-state index in [2.05, 4.69) is 407 Å². The van der Waals surface area contributed by atoms with Crippen molar-refractivity contribution in [1.82, 2.24) is 0 Å². The fourth-order valence-corrected chi connectivity index (χ4v) is 17.3. The molecule has 0 spiro atoms. The third-order valence-corrected chi connectivity index (χ3v) is 22.2. The van der Waals surface area contributed by atoms with E-state index in [1.165, 1.54) is 60.2 Å². The van der Waals surface area contributed by atoms with Crippen LogP contribution >= 0.6 is 0 Å². The third-order valence-electron chi connectivity index (χ3n) is 22.2. The number of benzene rings is 17. The summed E-state index contributed by atoms with van der Waals surface area (Å²) in [6.07, 6.45) is 0. The van der Waals surface area contributed by atoms with Crippen molar-refractivity contribution in [3.63, 3.8) is 0 Å². The van der Waals surface area contributed by atoms with Gasteiger partial charge >= 0.3 is 0 Å². The predicted octanol–water partition coefficient (Wildman–Crippen LogP) is 26.3. The van der Waals surface area contributed by atoms with Gasteiger partial charge in [-0.15, -0.1) is 0 Å². The Labute approximate surface area is 618 Å². The van der Waals surface area contributed by atoms with E-state index in [9.17, 15) is 0 Å². The summed E-state index contributed by atoms with van der Waals surface area (Å²) in [5.74, 6) is 0. The minimum Gasteiger partial charge on any atom is -0.455 e. The fourth-order valence-electron chi connectivity index (χ4n) is 17.3. The lowest BCUT2D eigenvalue weighted by atomic mass is 9.33. The molecule has 1 aromatic heterocycles. The molecule has 20 rings (SSSR count). The number of para-hydroxylation sites is 2. The molecule has 2 aliphatic heterocycles. The quantitative estimate of drug-likeness (QED) is 0.0950. The Kier molecular flexibility index (Phi) is 14.9. The number of hydrogen-bond acceptors (Lipinski definition) is 3. The van der Waals surface area contributed by atoms with Crippen molar-refractivity contribution >= 4 is 101 Å². The van der Waals surface area contributed by atoms with E-state index < -0.39 is 0 Å². The van der Waals surface area contributed by atoms with Crippen molar-refractivity contribution in [3.05, 3.63) is 382 Å². The second-order valence-electron chi connectivity index (χ2n) is 29.4. The highest BCUT2D eigenvalue weighted by molar-refractivity contribution is 7.00. The molecule has 17 aromatic carbocycles. The average molecular weight is 1350 g/mol. The van der Waals surface area contributed by atoms with Crippen molar-refractivity contribution in [2.45, 2.75) is 26.2 Å². The zero-order valence-electron chi connectivity index (χ0n) is 59.2. The van der Waals surface area contributed by atoms with Crippen LogP contribution in [-0.2, 0) is 5.41 Å². The third kappa shape index (κ3) is 10.3. The van der Waals surface area contributed by atoms with Crippen LogP contribution in [0.4, 0.5) is 34.1 Å². The van der Waals surface area contributed by atoms with E-state index in [1.807, 2.05) is 0 Å². The molecule has 106 heavy (non-hydrogen) atoms. The molecule has 0 unspecified atom stereocenters. The summed E-state index contributed by atoms with van der Waals surface area (Å²) in [4.78, 5) is 5.42. The normalized spacial score (nSPS) is 12.4. The maximum Gasteiger partial charge on any atom is 0.252 e. The van der Waals surface area contributed by atoms with Crippen molar-refractivity contribution in [3.8, 4) is 100 Å². The number of fused-ring (bicyclic) bond motifs is 9. The van der Waals surface area contributed by atoms with Crippen LogP contribution in [0.5, 0.6) is 0 Å². The topological polar surface area (TPSA) is 19.6 Å². The van der Waals surface area contributed by atoms with Crippen molar-refractivity contribution in [1.29, 1.82) is 0 Å². The molecule has 0 bridgehead atoms. The Balaban J connectivity index is 0.964. The fraction of sp³-hybridized carbons (Fsp3) is 0.0392. The minimum atomic E-state index is -0.360. The van der Waals surface area contributed by atoms with E-state index >= 15 is 0 Å². The highest BCUT2D eigenvalue weighted by atomic mass is 16.3. The number of nitrogens with zero attached hydrogens (tertiary/aromatic N) is 2. The standard InChI is InChI=1S/C102H71BN2O/c1-102(2,3)77-64-93-98-94(65-77)105(100-87(70-40-19-8-20-41-70)60-76(67-34-13-5-14-35-67)61-88(100)71-42-21-9-22-43-71)92-63-74(97-82-49-27-25-47-80(82)96(72-44-23-10-24-45-72)81-48-26-28-50-83(81)97)55-57-90(92)103(98)89-56-54-73(78-51-31-52-84-79-46-29-30-53-95(79)106-101(78)84)62-91(89)104(93)99-85(68-36-15-6-16-37-68)58-75(66-32-11-4-12-33-66)59-86(99)69-38-17-7-18-39-69/h4-65H,1-3H3. The maximum atomic E-state index is 7.01. The zero-order chi connectivity index (χ0) is 70.6. The van der Waals surface area contributed by atoms with Crippen molar-refractivity contribution < 1.29 is 4.42 Å². The molecule has 0 saturated carbocycles. The van der Waals surface area contributed by atoms with Gasteiger partial charge in [0, 0.05) is 61.3 Å². The van der Waals surface area contributed by atoms with Crippen LogP contribution in [0.3, 0.4) is 0 Å². The summed E-state index contributed by atoms with van der Waals surface area (Å²) < 4.78 is 7.01. The van der Waals surface area contributed by atoms with Crippen LogP contribution in [0.25, 0.3) is 144 Å². The van der Waals surface area contributed by atoms with Gasteiger partial charge in [-0.2, -0.15) is 0 Å². The SMILES string of the molecule is CC(C)(C)c1cc2c3c(c1)N(c1c(-c4ccccc4)cc(-c4ccccc4)cc1-c1ccccc1)c1cc(-c4cccc5c4oc4ccccc45)ccc1B3c1ccc(-c3c4ccccc4c(-c4ccccc4)c4ccccc34)cc1N2c1c(-c2ccccc2)cc(-c2ccccc2)cc1-c1ccccc1. The minimum absolute atomic E-state index is 0.275. The van der Waals surface area contributed by atoms with Crippen molar-refractivity contribution in [2.75, 3.05) is 9.80 Å². The van der Waals surface area contributed by atoms with Gasteiger partial charge in [0.2, 0.25) is 0 Å². The van der Waals surface area contributed by atoms with E-state index in [0.29, 0.717) is 0 Å². The monoisotopic (exact) mass is 1350 g/mol. The van der Waals surface area contributed by atoms with E-state index in [-0.39, 0.29) is 12.1 Å². The summed E-state index contributed by atoms with van der Waals surface area (Å²) in [7, 11) is 0. The number of anilines is 6. The van der Waals surface area contributed by atoms with Crippen LogP contribution in [0, 0.1) is 0 Å². The van der Waals surface area contributed by atoms with Gasteiger partial charge in [0.1, 0.15) is 11.2 Å². The summed E-state index contributed by atoms with van der Waals surface area (Å²) >= 11 is 0. The highest BCUT2D eigenvalue weighted by Crippen LogP contribution is 2.57. The Morgan fingerprint density at radius 2 is 0.585 bits per heavy atom. The molecule has 0 fully saturated rings. The summed E-state index contributed by atoms with van der Waals surface area (Å²) in [6.45, 7) is 6.89. The zero-order valence-corrected chi connectivity index (χ0v) is 59.2. The molecule has 0 atom stereocenters. The van der Waals surface area contributed by atoms with E-state index in [4.69, 9.17) is 4.42 Å². The molecule has 0 radical (unpaired) electrons. The van der Waals surface area contributed by atoms with Gasteiger partial charge in [0.25, 0.3) is 6.71 Å². The molecule has 0 N–H and O–H groups in total. The molecule has 0 aliphatic carbocycles. The number of rotatable bonds is 11. The first-order valence-corrected chi connectivity index (χ1v) is 36.9. The maximum absolute atomic E-state index is 7.01. The molecule has 3 heterocycles. The van der Waals surface area contributed by atoms with Gasteiger partial charge in [0.15, 0.2) is 0 Å². The lowest BCUT2D eigenvalue weighted by Gasteiger charge is -2.46. The van der Waals surface area contributed by atoms with Crippen molar-refractivity contribution in [2.24, 2.45) is 0 Å². The Morgan fingerprint density at radius 1 is 0.245 bits per heavy atom. The molecule has 3 nitrogen and oxygen atoms in total. The lowest BCUT2D eigenvalue weighted by Crippen LogP contribution is -2.61. The summed E-state index contributed by atoms with van der Waals surface area (Å²) in [5.41, 5.74) is 33.3. The molecule has 2 aliphatic rings. The number of furan rings is 1. The number of hydrogen-bond donors (Lipinski definition) is 0. The van der Waals surface area contributed by atoms with Crippen LogP contribution in [-0.4, -0.2) is 6.71 Å². The lowest BCUT2D eigenvalue weighted by molar-refractivity contribution is 0.590. The van der Waals surface area contributed by atoms with Crippen LogP contribution in [0.1, 0.15) is 26.3 Å². The molecular weight excluding hydrogens is 1280 g/mol. The van der Waals surface area contributed by atoms with E-state index in [0.717, 1.165) is 140 Å². The van der Waals surface area contributed by atoms with Gasteiger partial charge in [-0.1, -0.05) is 342 Å². The van der Waals surface area contributed by atoms with E-state index in [1.54, 1.807) is 0 Å². The first-order chi connectivity index (χ1) is 52.3. The summed E-state index contributed by atoms with van der Waals surface area (Å²) in [6, 6.07) is 140. The van der Waals surface area contributed by atoms with Crippen LogP contribution < -0.4 is 26.2 Å². The van der Waals surface area contributed by atoms with Gasteiger partial charge in [0.05, 0.1) is 11.4 Å². The molecule has 0 saturated heterocycles. The molecule has 4 heteroatoms. The Morgan fingerprint density at radius 3 is 1.00 bits per heavy atom. The highest BCUT2D eigenvalue weighted by Gasteiger charge is 2.46. The average Bonchev–Trinajstić information content (AvgIpc) is 0.746. The second kappa shape index (κ2) is 25.3. The molecular formula is C102H71BN2O. The largest absolute Gasteiger partial charge is 0.455 e. The molecule has 498 valence electrons. The van der Waals surface area contributed by atoms with Gasteiger partial charge in [-0.25, -0.2) is 0 Å². The van der Waals surface area contributed by atoms with Gasteiger partial charge in [-0.3, -0.25) is 0 Å². The molecule has 18 aromatic rings. The first kappa shape index (κ1) is 62.5. The first-order valence-electron chi connectivity index (χ1n) is 36.9. The molecule has 0 amide bonds. The Hall–Kier alpha value is -13.3. The predicted molar refractivity (Wildman–Crippen MR) is 450 cm³/mol. The second-order valence-corrected chi connectivity index (χ2v) is 29.4. The smallest absolute Gasteiger partial charge is 0.252 e. The van der Waals surface area contributed by atoms with Gasteiger partial charge in [-0.05, 0) is 176 Å². The summed E-state index contributed by atoms with van der Waals surface area (Å²) in [5, 5.41) is 7.03.